The summed E-state index contributed by atoms with van der Waals surface area (Å²) in [4.78, 5) is 11.8. The number of hydrogen-bond acceptors (Lipinski definition) is 2. The van der Waals surface area contributed by atoms with E-state index in [0.29, 0.717) is 19.0 Å². The van der Waals surface area contributed by atoms with Crippen molar-refractivity contribution in [2.75, 3.05) is 13.1 Å². The van der Waals surface area contributed by atoms with Gasteiger partial charge in [-0.3, -0.25) is 9.69 Å². The van der Waals surface area contributed by atoms with Gasteiger partial charge in [0.15, 0.2) is 0 Å². The van der Waals surface area contributed by atoms with Crippen molar-refractivity contribution in [3.63, 3.8) is 0 Å². The average molecular weight is 267 g/mol. The Bertz CT molecular complexity index is 273. The fourth-order valence-corrected chi connectivity index (χ4v) is 2.58. The smallest absolute Gasteiger partial charge is 0.404 e. The van der Waals surface area contributed by atoms with E-state index in [2.05, 4.69) is 6.92 Å². The molecule has 1 aliphatic heterocycles. The molecule has 18 heavy (non-hydrogen) atoms. The first-order valence-corrected chi connectivity index (χ1v) is 6.37. The number of carbonyl (C=O) groups is 1. The van der Waals surface area contributed by atoms with Gasteiger partial charge in [-0.1, -0.05) is 19.8 Å². The van der Waals surface area contributed by atoms with Crippen molar-refractivity contribution in [3.05, 3.63) is 0 Å². The van der Waals surface area contributed by atoms with Gasteiger partial charge in [0.05, 0.1) is 6.42 Å². The number of carboxylic acid groups (broad SMARTS) is 1. The first-order chi connectivity index (χ1) is 8.34. The zero-order valence-corrected chi connectivity index (χ0v) is 10.5. The molecule has 0 spiro atoms. The number of aliphatic carboxylic acids is 1. The Morgan fingerprint density at radius 3 is 2.33 bits per heavy atom. The molecule has 1 saturated heterocycles. The van der Waals surface area contributed by atoms with Crippen LogP contribution in [0.2, 0.25) is 0 Å². The molecule has 0 aromatic carbocycles. The van der Waals surface area contributed by atoms with Crippen LogP contribution in [0.3, 0.4) is 0 Å². The monoisotopic (exact) mass is 267 g/mol. The number of rotatable bonds is 5. The predicted octanol–water partition coefficient (Wildman–Crippen LogP) is 2.90. The number of likely N-dealkylation sites (tertiary alicyclic amines) is 1. The number of hydrogen-bond donors (Lipinski definition) is 1. The summed E-state index contributed by atoms with van der Waals surface area (Å²) in [7, 11) is 0. The first kappa shape index (κ1) is 15.3. The molecule has 1 unspecified atom stereocenters. The molecule has 1 aliphatic rings. The quantitative estimate of drug-likeness (QED) is 0.832. The third-order valence-corrected chi connectivity index (χ3v) is 3.53. The van der Waals surface area contributed by atoms with Crippen molar-refractivity contribution >= 4 is 5.97 Å². The van der Waals surface area contributed by atoms with E-state index in [1.54, 1.807) is 0 Å². The van der Waals surface area contributed by atoms with Crippen LogP contribution < -0.4 is 0 Å². The standard InChI is InChI=1S/C12H20F3NO2/c1-2-3-9-4-6-16(7-5-9)10(8-11(17)18)12(13,14)15/h9-10H,2-8H2,1H3,(H,17,18). The SMILES string of the molecule is CCCC1CCN(C(CC(=O)O)C(F)(F)F)CC1. The van der Waals surface area contributed by atoms with Gasteiger partial charge in [-0.05, 0) is 31.8 Å². The molecular formula is C12H20F3NO2. The highest BCUT2D eigenvalue weighted by molar-refractivity contribution is 5.67. The summed E-state index contributed by atoms with van der Waals surface area (Å²) in [5.41, 5.74) is 0. The number of alkyl halides is 3. The van der Waals surface area contributed by atoms with Crippen molar-refractivity contribution < 1.29 is 23.1 Å². The van der Waals surface area contributed by atoms with Crippen LogP contribution in [0.25, 0.3) is 0 Å². The van der Waals surface area contributed by atoms with Gasteiger partial charge in [0, 0.05) is 0 Å². The van der Waals surface area contributed by atoms with Crippen molar-refractivity contribution in [2.45, 2.75) is 51.2 Å². The molecule has 106 valence electrons. The summed E-state index contributed by atoms with van der Waals surface area (Å²) in [6.45, 7) is 2.76. The first-order valence-electron chi connectivity index (χ1n) is 6.37. The van der Waals surface area contributed by atoms with Crippen LogP contribution in [0.5, 0.6) is 0 Å². The minimum absolute atomic E-state index is 0.349. The van der Waals surface area contributed by atoms with Gasteiger partial charge in [0.25, 0.3) is 0 Å². The molecule has 0 amide bonds. The van der Waals surface area contributed by atoms with E-state index in [-0.39, 0.29) is 0 Å². The van der Waals surface area contributed by atoms with Crippen LogP contribution in [0, 0.1) is 5.92 Å². The molecule has 1 rings (SSSR count). The van der Waals surface area contributed by atoms with Gasteiger partial charge in [0.2, 0.25) is 0 Å². The van der Waals surface area contributed by atoms with Gasteiger partial charge in [-0.2, -0.15) is 13.2 Å². The predicted molar refractivity (Wildman–Crippen MR) is 61.3 cm³/mol. The lowest BCUT2D eigenvalue weighted by Crippen LogP contribution is -2.50. The zero-order valence-electron chi connectivity index (χ0n) is 10.5. The molecule has 0 aromatic heterocycles. The maximum atomic E-state index is 12.8. The van der Waals surface area contributed by atoms with E-state index < -0.39 is 24.6 Å². The maximum absolute atomic E-state index is 12.8. The van der Waals surface area contributed by atoms with E-state index in [4.69, 9.17) is 5.11 Å². The topological polar surface area (TPSA) is 40.5 Å². The lowest BCUT2D eigenvalue weighted by molar-refractivity contribution is -0.193. The molecule has 0 radical (unpaired) electrons. The number of halogens is 3. The van der Waals surface area contributed by atoms with Crippen LogP contribution >= 0.6 is 0 Å². The Morgan fingerprint density at radius 1 is 1.39 bits per heavy atom. The molecular weight excluding hydrogens is 247 g/mol. The molecule has 1 heterocycles. The van der Waals surface area contributed by atoms with Crippen LogP contribution in [-0.2, 0) is 4.79 Å². The Morgan fingerprint density at radius 2 is 1.94 bits per heavy atom. The summed E-state index contributed by atoms with van der Waals surface area (Å²) in [5, 5.41) is 8.59. The Hall–Kier alpha value is -0.780. The lowest BCUT2D eigenvalue weighted by Gasteiger charge is -2.37. The van der Waals surface area contributed by atoms with Crippen molar-refractivity contribution in [1.82, 2.24) is 4.90 Å². The Labute approximate surface area is 105 Å². The minimum Gasteiger partial charge on any atom is -0.481 e. The third-order valence-electron chi connectivity index (χ3n) is 3.53. The second kappa shape index (κ2) is 6.41. The maximum Gasteiger partial charge on any atom is 0.404 e. The normalized spacial score (nSPS) is 20.9. The van der Waals surface area contributed by atoms with Crippen LogP contribution in [-0.4, -0.2) is 41.3 Å². The van der Waals surface area contributed by atoms with Crippen molar-refractivity contribution in [2.24, 2.45) is 5.92 Å². The second-order valence-electron chi connectivity index (χ2n) is 4.92. The fourth-order valence-electron chi connectivity index (χ4n) is 2.58. The Balaban J connectivity index is 2.58. The molecule has 0 aliphatic carbocycles. The molecule has 1 N–H and O–H groups in total. The highest BCUT2D eigenvalue weighted by Gasteiger charge is 2.45. The number of nitrogens with zero attached hydrogens (tertiary/aromatic N) is 1. The summed E-state index contributed by atoms with van der Waals surface area (Å²) in [5.74, 6) is -0.905. The van der Waals surface area contributed by atoms with Gasteiger partial charge < -0.3 is 5.11 Å². The molecule has 3 nitrogen and oxygen atoms in total. The van der Waals surface area contributed by atoms with Gasteiger partial charge in [-0.15, -0.1) is 0 Å². The molecule has 0 saturated carbocycles. The number of piperidine rings is 1. The van der Waals surface area contributed by atoms with Crippen LogP contribution in [0.1, 0.15) is 39.0 Å². The largest absolute Gasteiger partial charge is 0.481 e. The lowest BCUT2D eigenvalue weighted by atomic mass is 9.91. The van der Waals surface area contributed by atoms with Crippen LogP contribution in [0.15, 0.2) is 0 Å². The van der Waals surface area contributed by atoms with Crippen molar-refractivity contribution in [1.29, 1.82) is 0 Å². The number of carboxylic acids is 1. The average Bonchev–Trinajstić information content (AvgIpc) is 2.26. The van der Waals surface area contributed by atoms with E-state index in [9.17, 15) is 18.0 Å². The summed E-state index contributed by atoms with van der Waals surface area (Å²) in [6.07, 6.45) is -1.76. The van der Waals surface area contributed by atoms with E-state index in [1.165, 1.54) is 4.90 Å². The minimum atomic E-state index is -4.46. The van der Waals surface area contributed by atoms with Crippen LogP contribution in [0.4, 0.5) is 13.2 Å². The molecule has 0 aromatic rings. The van der Waals surface area contributed by atoms with E-state index in [1.807, 2.05) is 0 Å². The molecule has 1 fully saturated rings. The van der Waals surface area contributed by atoms with E-state index >= 15 is 0 Å². The molecule has 1 atom stereocenters. The Kier molecular flexibility index (Phi) is 5.44. The van der Waals surface area contributed by atoms with Gasteiger partial charge in [0.1, 0.15) is 6.04 Å². The van der Waals surface area contributed by atoms with E-state index in [0.717, 1.165) is 25.7 Å². The van der Waals surface area contributed by atoms with Crippen molar-refractivity contribution in [3.8, 4) is 0 Å². The summed E-state index contributed by atoms with van der Waals surface area (Å²) in [6, 6.07) is -1.84. The zero-order chi connectivity index (χ0) is 13.8. The highest BCUT2D eigenvalue weighted by Crippen LogP contribution is 2.31. The summed E-state index contributed by atoms with van der Waals surface area (Å²) >= 11 is 0. The van der Waals surface area contributed by atoms with Gasteiger partial charge in [-0.25, -0.2) is 0 Å². The molecule has 0 bridgehead atoms. The van der Waals surface area contributed by atoms with Gasteiger partial charge >= 0.3 is 12.1 Å². The second-order valence-corrected chi connectivity index (χ2v) is 4.92. The summed E-state index contributed by atoms with van der Waals surface area (Å²) < 4.78 is 38.4. The molecule has 6 heteroatoms. The highest BCUT2D eigenvalue weighted by atomic mass is 19.4. The third kappa shape index (κ3) is 4.48. The fraction of sp³-hybridized carbons (Fsp3) is 0.917.